The minimum Gasteiger partial charge on any atom is -0.389 e. The summed E-state index contributed by atoms with van der Waals surface area (Å²) in [6.07, 6.45) is 6.63. The van der Waals surface area contributed by atoms with Crippen LogP contribution < -0.4 is 5.32 Å². The molecule has 0 bridgehead atoms. The third kappa shape index (κ3) is 6.69. The predicted octanol–water partition coefficient (Wildman–Crippen LogP) is 1.45. The van der Waals surface area contributed by atoms with Gasteiger partial charge in [-0.25, -0.2) is 0 Å². The summed E-state index contributed by atoms with van der Waals surface area (Å²) in [5, 5.41) is 22.7. The lowest BCUT2D eigenvalue weighted by Crippen LogP contribution is -2.41. The lowest BCUT2D eigenvalue weighted by Gasteiger charge is -2.25. The highest BCUT2D eigenvalue weighted by Crippen LogP contribution is 2.20. The molecule has 0 radical (unpaired) electrons. The largest absolute Gasteiger partial charge is 0.389 e. The van der Waals surface area contributed by atoms with Crippen molar-refractivity contribution in [2.75, 3.05) is 19.7 Å². The number of hydrogen-bond donors (Lipinski definition) is 3. The number of nitrogens with one attached hydrogen (secondary N) is 1. The average Bonchev–Trinajstić information content (AvgIpc) is 2.37. The summed E-state index contributed by atoms with van der Waals surface area (Å²) in [4.78, 5) is 0. The van der Waals surface area contributed by atoms with Gasteiger partial charge in [0, 0.05) is 13.1 Å². The van der Waals surface area contributed by atoms with Crippen LogP contribution in [0.5, 0.6) is 0 Å². The van der Waals surface area contributed by atoms with Gasteiger partial charge in [0.2, 0.25) is 0 Å². The van der Waals surface area contributed by atoms with Crippen molar-refractivity contribution >= 4 is 0 Å². The van der Waals surface area contributed by atoms with E-state index < -0.39 is 11.7 Å². The fourth-order valence-electron chi connectivity index (χ4n) is 2.17. The molecular formula is C14H29NO3. The first-order valence-corrected chi connectivity index (χ1v) is 7.26. The van der Waals surface area contributed by atoms with E-state index in [9.17, 15) is 10.2 Å². The van der Waals surface area contributed by atoms with Gasteiger partial charge >= 0.3 is 0 Å². The van der Waals surface area contributed by atoms with Crippen molar-refractivity contribution in [3.63, 3.8) is 0 Å². The monoisotopic (exact) mass is 259 g/mol. The standard InChI is InChI=1S/C14H29NO3/c1-3-14(2,17)11-15-9-12(16)10-18-13-7-5-4-6-8-13/h12-13,15-17H,3-11H2,1-2H3. The van der Waals surface area contributed by atoms with Gasteiger partial charge in [-0.3, -0.25) is 0 Å². The molecule has 0 aliphatic heterocycles. The average molecular weight is 259 g/mol. The zero-order valence-corrected chi connectivity index (χ0v) is 11.8. The molecule has 4 nitrogen and oxygen atoms in total. The van der Waals surface area contributed by atoms with Gasteiger partial charge in [0.1, 0.15) is 0 Å². The number of aliphatic hydroxyl groups excluding tert-OH is 1. The highest BCUT2D eigenvalue weighted by Gasteiger charge is 2.18. The molecule has 2 atom stereocenters. The number of rotatable bonds is 8. The molecule has 3 N–H and O–H groups in total. The Morgan fingerprint density at radius 3 is 2.61 bits per heavy atom. The molecule has 0 aromatic heterocycles. The maximum absolute atomic E-state index is 9.79. The zero-order chi connectivity index (χ0) is 13.4. The Balaban J connectivity index is 2.04. The van der Waals surface area contributed by atoms with Crippen molar-refractivity contribution in [1.82, 2.24) is 5.32 Å². The van der Waals surface area contributed by atoms with Crippen LogP contribution in [0, 0.1) is 0 Å². The fourth-order valence-corrected chi connectivity index (χ4v) is 2.17. The molecule has 0 aromatic carbocycles. The number of aliphatic hydroxyl groups is 2. The number of hydrogen-bond acceptors (Lipinski definition) is 4. The molecule has 0 spiro atoms. The molecule has 0 amide bonds. The van der Waals surface area contributed by atoms with E-state index in [0.717, 1.165) is 12.8 Å². The molecule has 1 aliphatic rings. The van der Waals surface area contributed by atoms with E-state index in [1.54, 1.807) is 6.92 Å². The van der Waals surface area contributed by atoms with Gasteiger partial charge in [0.05, 0.1) is 24.4 Å². The molecule has 1 aliphatic carbocycles. The Bertz CT molecular complexity index is 215. The molecule has 4 heteroatoms. The predicted molar refractivity (Wildman–Crippen MR) is 72.6 cm³/mol. The Morgan fingerprint density at radius 2 is 2.00 bits per heavy atom. The highest BCUT2D eigenvalue weighted by molar-refractivity contribution is 4.74. The van der Waals surface area contributed by atoms with Crippen LogP contribution in [0.25, 0.3) is 0 Å². The summed E-state index contributed by atoms with van der Waals surface area (Å²) < 4.78 is 5.70. The van der Waals surface area contributed by atoms with Gasteiger partial charge in [0.25, 0.3) is 0 Å². The normalized spacial score (nSPS) is 22.7. The third-order valence-corrected chi connectivity index (χ3v) is 3.72. The Morgan fingerprint density at radius 1 is 1.33 bits per heavy atom. The highest BCUT2D eigenvalue weighted by atomic mass is 16.5. The second-order valence-corrected chi connectivity index (χ2v) is 5.73. The van der Waals surface area contributed by atoms with E-state index >= 15 is 0 Å². The molecule has 18 heavy (non-hydrogen) atoms. The summed E-state index contributed by atoms with van der Waals surface area (Å²) >= 11 is 0. The molecule has 2 unspecified atom stereocenters. The van der Waals surface area contributed by atoms with Crippen LogP contribution >= 0.6 is 0 Å². The zero-order valence-electron chi connectivity index (χ0n) is 11.8. The first-order chi connectivity index (χ1) is 8.53. The summed E-state index contributed by atoms with van der Waals surface area (Å²) in [5.41, 5.74) is -0.691. The first-order valence-electron chi connectivity index (χ1n) is 7.26. The van der Waals surface area contributed by atoms with Gasteiger partial charge in [-0.05, 0) is 26.2 Å². The Kier molecular flexibility index (Phi) is 7.15. The van der Waals surface area contributed by atoms with E-state index in [1.807, 2.05) is 6.92 Å². The van der Waals surface area contributed by atoms with Gasteiger partial charge in [-0.2, -0.15) is 0 Å². The minimum atomic E-state index is -0.691. The molecular weight excluding hydrogens is 230 g/mol. The Hall–Kier alpha value is -0.160. The number of ether oxygens (including phenoxy) is 1. The van der Waals surface area contributed by atoms with Crippen molar-refractivity contribution in [3.8, 4) is 0 Å². The lowest BCUT2D eigenvalue weighted by molar-refractivity contribution is -0.0250. The molecule has 1 saturated carbocycles. The maximum atomic E-state index is 9.79. The molecule has 0 aromatic rings. The van der Waals surface area contributed by atoms with E-state index in [1.165, 1.54) is 19.3 Å². The maximum Gasteiger partial charge on any atom is 0.0897 e. The smallest absolute Gasteiger partial charge is 0.0897 e. The fraction of sp³-hybridized carbons (Fsp3) is 1.00. The van der Waals surface area contributed by atoms with Crippen LogP contribution in [-0.4, -0.2) is 47.7 Å². The minimum absolute atomic E-state index is 0.340. The topological polar surface area (TPSA) is 61.7 Å². The van der Waals surface area contributed by atoms with Crippen molar-refractivity contribution in [1.29, 1.82) is 0 Å². The second-order valence-electron chi connectivity index (χ2n) is 5.73. The third-order valence-electron chi connectivity index (χ3n) is 3.72. The Labute approximate surface area is 111 Å². The van der Waals surface area contributed by atoms with Crippen LogP contribution in [0.3, 0.4) is 0 Å². The van der Waals surface area contributed by atoms with Crippen LogP contribution in [0.1, 0.15) is 52.4 Å². The summed E-state index contributed by atoms with van der Waals surface area (Å²) in [5.74, 6) is 0. The summed E-state index contributed by atoms with van der Waals surface area (Å²) in [6, 6.07) is 0. The molecule has 1 rings (SSSR count). The summed E-state index contributed by atoms with van der Waals surface area (Å²) in [6.45, 7) is 5.12. The molecule has 1 fully saturated rings. The second kappa shape index (κ2) is 8.10. The van der Waals surface area contributed by atoms with Crippen LogP contribution in [-0.2, 0) is 4.74 Å². The molecule has 0 heterocycles. The van der Waals surface area contributed by atoms with E-state index in [0.29, 0.717) is 32.2 Å². The quantitative estimate of drug-likeness (QED) is 0.617. The van der Waals surface area contributed by atoms with Crippen LogP contribution in [0.4, 0.5) is 0 Å². The van der Waals surface area contributed by atoms with Gasteiger partial charge in [0.15, 0.2) is 0 Å². The lowest BCUT2D eigenvalue weighted by atomic mass is 9.98. The molecule has 0 saturated heterocycles. The van der Waals surface area contributed by atoms with Crippen molar-refractivity contribution in [2.45, 2.75) is 70.2 Å². The first kappa shape index (κ1) is 15.9. The van der Waals surface area contributed by atoms with Gasteiger partial charge in [-0.1, -0.05) is 26.2 Å². The van der Waals surface area contributed by atoms with E-state index in [2.05, 4.69) is 5.32 Å². The summed E-state index contributed by atoms with van der Waals surface area (Å²) in [7, 11) is 0. The van der Waals surface area contributed by atoms with E-state index in [-0.39, 0.29) is 0 Å². The van der Waals surface area contributed by atoms with Crippen LogP contribution in [0.2, 0.25) is 0 Å². The van der Waals surface area contributed by atoms with E-state index in [4.69, 9.17) is 4.74 Å². The van der Waals surface area contributed by atoms with Crippen molar-refractivity contribution < 1.29 is 14.9 Å². The molecule has 108 valence electrons. The van der Waals surface area contributed by atoms with Crippen molar-refractivity contribution in [3.05, 3.63) is 0 Å². The van der Waals surface area contributed by atoms with Crippen molar-refractivity contribution in [2.24, 2.45) is 0 Å². The van der Waals surface area contributed by atoms with Crippen LogP contribution in [0.15, 0.2) is 0 Å². The van der Waals surface area contributed by atoms with Gasteiger partial charge in [-0.15, -0.1) is 0 Å². The SMILES string of the molecule is CCC(C)(O)CNCC(O)COC1CCCCC1. The van der Waals surface area contributed by atoms with Gasteiger partial charge < -0.3 is 20.3 Å².